The van der Waals surface area contributed by atoms with E-state index in [-0.39, 0.29) is 29.6 Å². The molecule has 0 fully saturated rings. The Morgan fingerprint density at radius 3 is 2.39 bits per heavy atom. The van der Waals surface area contributed by atoms with Gasteiger partial charge in [-0.05, 0) is 17.7 Å². The standard InChI is InChI=1S/C19H19BN4O4/c21-18-17(24-16(10-22-18)20(27)28)13-6-8-14(9-7-13)19(26)23-15(11-25)12-4-2-1-3-5-12/h1-10,15,25,27-28H,11H2,(H2,21,22)(H,23,26). The van der Waals surface area contributed by atoms with Gasteiger partial charge >= 0.3 is 7.12 Å². The summed E-state index contributed by atoms with van der Waals surface area (Å²) in [5, 5.41) is 30.9. The Kier molecular flexibility index (Phi) is 6.00. The van der Waals surface area contributed by atoms with Crippen LogP contribution in [0.5, 0.6) is 0 Å². The van der Waals surface area contributed by atoms with Gasteiger partial charge in [-0.1, -0.05) is 42.5 Å². The van der Waals surface area contributed by atoms with Gasteiger partial charge in [0, 0.05) is 17.3 Å². The average molecular weight is 378 g/mol. The summed E-state index contributed by atoms with van der Waals surface area (Å²) in [6.45, 7) is -0.226. The topological polar surface area (TPSA) is 142 Å². The van der Waals surface area contributed by atoms with Gasteiger partial charge in [-0.3, -0.25) is 9.78 Å². The normalized spacial score (nSPS) is 11.7. The van der Waals surface area contributed by atoms with Crippen LogP contribution >= 0.6 is 0 Å². The second-order valence-corrected chi connectivity index (χ2v) is 6.10. The Hall–Kier alpha value is -3.27. The number of nitrogen functional groups attached to an aromatic ring is 1. The van der Waals surface area contributed by atoms with Crippen molar-refractivity contribution in [1.82, 2.24) is 15.3 Å². The molecule has 0 aliphatic heterocycles. The summed E-state index contributed by atoms with van der Waals surface area (Å²) < 4.78 is 0. The second-order valence-electron chi connectivity index (χ2n) is 6.10. The molecule has 142 valence electrons. The molecule has 0 saturated heterocycles. The fourth-order valence-electron chi connectivity index (χ4n) is 2.69. The van der Waals surface area contributed by atoms with Crippen molar-refractivity contribution in [3.05, 3.63) is 71.9 Å². The van der Waals surface area contributed by atoms with Crippen molar-refractivity contribution < 1.29 is 19.9 Å². The number of hydrogen-bond acceptors (Lipinski definition) is 7. The van der Waals surface area contributed by atoms with Gasteiger partial charge in [-0.25, -0.2) is 4.98 Å². The van der Waals surface area contributed by atoms with E-state index < -0.39 is 13.2 Å². The molecule has 6 N–H and O–H groups in total. The van der Waals surface area contributed by atoms with Crippen molar-refractivity contribution in [3.63, 3.8) is 0 Å². The van der Waals surface area contributed by atoms with Crippen LogP contribution in [0.4, 0.5) is 5.82 Å². The maximum Gasteiger partial charge on any atom is 0.509 e. The van der Waals surface area contributed by atoms with E-state index in [4.69, 9.17) is 5.73 Å². The summed E-state index contributed by atoms with van der Waals surface area (Å²) in [5.74, 6) is -0.209. The lowest BCUT2D eigenvalue weighted by Crippen LogP contribution is -2.33. The highest BCUT2D eigenvalue weighted by Crippen LogP contribution is 2.21. The molecule has 0 radical (unpaired) electrons. The Balaban J connectivity index is 1.79. The summed E-state index contributed by atoms with van der Waals surface area (Å²) in [6.07, 6.45) is 1.18. The first-order chi connectivity index (χ1) is 13.5. The van der Waals surface area contributed by atoms with E-state index in [9.17, 15) is 19.9 Å². The summed E-state index contributed by atoms with van der Waals surface area (Å²) in [4.78, 5) is 20.5. The summed E-state index contributed by atoms with van der Waals surface area (Å²) in [5.41, 5.74) is 7.85. The van der Waals surface area contributed by atoms with E-state index in [1.54, 1.807) is 24.3 Å². The van der Waals surface area contributed by atoms with Crippen LogP contribution in [-0.2, 0) is 0 Å². The SMILES string of the molecule is Nc1ncc(B(O)O)nc1-c1ccc(C(=O)NC(CO)c2ccccc2)cc1. The number of benzene rings is 2. The molecule has 1 unspecified atom stereocenters. The molecule has 1 aromatic heterocycles. The lowest BCUT2D eigenvalue weighted by molar-refractivity contribution is 0.0916. The van der Waals surface area contributed by atoms with Crippen molar-refractivity contribution in [2.24, 2.45) is 0 Å². The third-order valence-electron chi connectivity index (χ3n) is 4.19. The predicted molar refractivity (Wildman–Crippen MR) is 105 cm³/mol. The largest absolute Gasteiger partial charge is 0.509 e. The molecule has 0 aliphatic rings. The van der Waals surface area contributed by atoms with E-state index >= 15 is 0 Å². The first-order valence-corrected chi connectivity index (χ1v) is 8.55. The quantitative estimate of drug-likeness (QED) is 0.376. The zero-order valence-electron chi connectivity index (χ0n) is 14.9. The number of aliphatic hydroxyl groups is 1. The summed E-state index contributed by atoms with van der Waals surface area (Å²) >= 11 is 0. The van der Waals surface area contributed by atoms with Gasteiger partial charge in [0.1, 0.15) is 11.5 Å². The monoisotopic (exact) mass is 378 g/mol. The first-order valence-electron chi connectivity index (χ1n) is 8.55. The maximum absolute atomic E-state index is 12.5. The fraction of sp³-hybridized carbons (Fsp3) is 0.105. The van der Waals surface area contributed by atoms with Gasteiger partial charge in [0.25, 0.3) is 5.91 Å². The number of carbonyl (C=O) groups is 1. The number of amides is 1. The number of hydrogen-bond donors (Lipinski definition) is 5. The van der Waals surface area contributed by atoms with Gasteiger partial charge in [0.05, 0.1) is 18.2 Å². The zero-order valence-corrected chi connectivity index (χ0v) is 14.9. The van der Waals surface area contributed by atoms with Crippen LogP contribution in [0.25, 0.3) is 11.3 Å². The molecule has 3 rings (SSSR count). The Labute approximate surface area is 161 Å². The molecule has 9 heteroatoms. The molecule has 0 bridgehead atoms. The van der Waals surface area contributed by atoms with E-state index in [1.165, 1.54) is 6.20 Å². The molecule has 3 aromatic rings. The van der Waals surface area contributed by atoms with E-state index in [0.717, 1.165) is 5.56 Å². The van der Waals surface area contributed by atoms with E-state index in [2.05, 4.69) is 15.3 Å². The Morgan fingerprint density at radius 2 is 1.79 bits per heavy atom. The van der Waals surface area contributed by atoms with Crippen LogP contribution in [0.2, 0.25) is 0 Å². The van der Waals surface area contributed by atoms with Crippen molar-refractivity contribution in [2.45, 2.75) is 6.04 Å². The number of anilines is 1. The average Bonchev–Trinajstić information content (AvgIpc) is 2.72. The minimum Gasteiger partial charge on any atom is -0.422 e. The number of aliphatic hydroxyl groups excluding tert-OH is 1. The van der Waals surface area contributed by atoms with Gasteiger partial charge < -0.3 is 26.2 Å². The minimum absolute atomic E-state index is 0.0281. The van der Waals surface area contributed by atoms with Crippen LogP contribution in [0.3, 0.4) is 0 Å². The lowest BCUT2D eigenvalue weighted by atomic mass is 9.86. The number of nitrogens with one attached hydrogen (secondary N) is 1. The number of rotatable bonds is 6. The highest BCUT2D eigenvalue weighted by Gasteiger charge is 2.18. The molecule has 0 aliphatic carbocycles. The number of carbonyl (C=O) groups excluding carboxylic acids is 1. The molecule has 28 heavy (non-hydrogen) atoms. The fourth-order valence-corrected chi connectivity index (χ4v) is 2.69. The van der Waals surface area contributed by atoms with Gasteiger partial charge in [-0.15, -0.1) is 0 Å². The summed E-state index contributed by atoms with van der Waals surface area (Å²) in [7, 11) is -1.76. The minimum atomic E-state index is -1.76. The molecule has 0 spiro atoms. The smallest absolute Gasteiger partial charge is 0.422 e. The summed E-state index contributed by atoms with van der Waals surface area (Å²) in [6, 6.07) is 15.1. The highest BCUT2D eigenvalue weighted by atomic mass is 16.4. The molecule has 1 atom stereocenters. The second kappa shape index (κ2) is 8.62. The third-order valence-corrected chi connectivity index (χ3v) is 4.19. The lowest BCUT2D eigenvalue weighted by Gasteiger charge is -2.17. The first kappa shape index (κ1) is 19.5. The molecule has 0 saturated carbocycles. The van der Waals surface area contributed by atoms with E-state index in [0.29, 0.717) is 11.1 Å². The molecular formula is C19H19BN4O4. The molecular weight excluding hydrogens is 359 g/mol. The molecule has 1 amide bonds. The maximum atomic E-state index is 12.5. The van der Waals surface area contributed by atoms with E-state index in [1.807, 2.05) is 30.3 Å². The third kappa shape index (κ3) is 4.34. The number of nitrogens with zero attached hydrogens (tertiary/aromatic N) is 2. The van der Waals surface area contributed by atoms with Crippen LogP contribution in [0, 0.1) is 0 Å². The van der Waals surface area contributed by atoms with Crippen LogP contribution < -0.4 is 16.6 Å². The van der Waals surface area contributed by atoms with Crippen molar-refractivity contribution in [1.29, 1.82) is 0 Å². The Bertz CT molecular complexity index is 952. The van der Waals surface area contributed by atoms with Crippen LogP contribution in [-0.4, -0.2) is 44.8 Å². The molecule has 2 aromatic carbocycles. The van der Waals surface area contributed by atoms with Crippen molar-refractivity contribution >= 4 is 24.4 Å². The van der Waals surface area contributed by atoms with Gasteiger partial charge in [0.2, 0.25) is 0 Å². The Morgan fingerprint density at radius 1 is 1.11 bits per heavy atom. The number of nitrogens with two attached hydrogens (primary N) is 1. The highest BCUT2D eigenvalue weighted by molar-refractivity contribution is 6.57. The predicted octanol–water partition coefficient (Wildman–Crippen LogP) is -0.131. The van der Waals surface area contributed by atoms with Crippen LogP contribution in [0.1, 0.15) is 22.0 Å². The van der Waals surface area contributed by atoms with Crippen molar-refractivity contribution in [3.8, 4) is 11.3 Å². The zero-order chi connectivity index (χ0) is 20.1. The van der Waals surface area contributed by atoms with Gasteiger partial charge in [0.15, 0.2) is 0 Å². The molecule has 1 heterocycles. The molecule has 8 nitrogen and oxygen atoms in total. The van der Waals surface area contributed by atoms with Crippen molar-refractivity contribution in [2.75, 3.05) is 12.3 Å². The van der Waals surface area contributed by atoms with Gasteiger partial charge in [-0.2, -0.15) is 0 Å². The number of aromatic nitrogens is 2. The van der Waals surface area contributed by atoms with Crippen LogP contribution in [0.15, 0.2) is 60.8 Å².